The first-order valence-corrected chi connectivity index (χ1v) is 26.2. The summed E-state index contributed by atoms with van der Waals surface area (Å²) in [5.41, 5.74) is 0.404. The number of ether oxygens (including phenoxy) is 2. The zero-order chi connectivity index (χ0) is 48.1. The third-order valence-corrected chi connectivity index (χ3v) is 16.9. The highest BCUT2D eigenvalue weighted by Crippen LogP contribution is 2.50. The Morgan fingerprint density at radius 1 is 1.02 bits per heavy atom. The molecule has 362 valence electrons. The lowest BCUT2D eigenvalue weighted by Crippen LogP contribution is -2.60. The van der Waals surface area contributed by atoms with Gasteiger partial charge in [0.2, 0.25) is 21.8 Å². The molecule has 2 aliphatic carbocycles. The number of nitrogens with one attached hydrogen (secondary N) is 3. The summed E-state index contributed by atoms with van der Waals surface area (Å²) in [5, 5.41) is 6.63. The fraction of sp³-hybridized carbons (Fsp3) is 0.673. The smallest absolute Gasteiger partial charge is 0.408 e. The van der Waals surface area contributed by atoms with Crippen LogP contribution in [0.4, 0.5) is 4.79 Å². The van der Waals surface area contributed by atoms with Crippen molar-refractivity contribution in [2.24, 2.45) is 11.3 Å². The number of amides is 4. The minimum atomic E-state index is -4.08. The van der Waals surface area contributed by atoms with Crippen molar-refractivity contribution in [2.75, 3.05) is 6.54 Å². The third kappa shape index (κ3) is 10.2. The van der Waals surface area contributed by atoms with Gasteiger partial charge in [-0.15, -0.1) is 11.3 Å². The molecule has 2 aliphatic heterocycles. The van der Waals surface area contributed by atoms with Crippen LogP contribution < -0.4 is 20.1 Å². The number of para-hydroxylation sites is 1. The maximum atomic E-state index is 14.9. The summed E-state index contributed by atoms with van der Waals surface area (Å²) >= 11 is 1.69. The van der Waals surface area contributed by atoms with Crippen LogP contribution >= 0.6 is 11.3 Å². The first-order chi connectivity index (χ1) is 30.9. The van der Waals surface area contributed by atoms with Crippen molar-refractivity contribution in [3.63, 3.8) is 0 Å². The van der Waals surface area contributed by atoms with Gasteiger partial charge in [0.15, 0.2) is 0 Å². The molecular formula is C49H71N7O8S2. The van der Waals surface area contributed by atoms with Crippen molar-refractivity contribution in [1.82, 2.24) is 34.8 Å². The second-order valence-corrected chi connectivity index (χ2v) is 24.7. The molecule has 1 aromatic carbocycles. The van der Waals surface area contributed by atoms with Crippen molar-refractivity contribution < 1.29 is 37.1 Å². The molecule has 15 nitrogen and oxygen atoms in total. The molecule has 0 radical (unpaired) electrons. The molecule has 7 rings (SSSR count). The van der Waals surface area contributed by atoms with Crippen molar-refractivity contribution in [2.45, 2.75) is 193 Å². The number of hydrogen-bond acceptors (Lipinski definition) is 11. The van der Waals surface area contributed by atoms with E-state index in [0.717, 1.165) is 53.0 Å². The minimum Gasteiger partial charge on any atom is -0.459 e. The van der Waals surface area contributed by atoms with Crippen LogP contribution in [-0.2, 0) is 35.6 Å². The number of carbonyl (C=O) groups excluding carboxylic acids is 4. The highest BCUT2D eigenvalue weighted by Gasteiger charge is 2.64. The maximum Gasteiger partial charge on any atom is 0.408 e. The van der Waals surface area contributed by atoms with Gasteiger partial charge in [-0.1, -0.05) is 66.2 Å². The van der Waals surface area contributed by atoms with Gasteiger partial charge in [-0.3, -0.25) is 23.7 Å². The molecule has 2 saturated carbocycles. The number of likely N-dealkylation sites (tertiary alicyclic amines) is 1. The second-order valence-electron chi connectivity index (χ2n) is 21.6. The fourth-order valence-corrected chi connectivity index (χ4v) is 12.6. The lowest BCUT2D eigenvalue weighted by Gasteiger charge is -2.36. The molecular weight excluding hydrogens is 879 g/mol. The molecule has 2 aromatic heterocycles. The molecule has 5 atom stereocenters. The van der Waals surface area contributed by atoms with E-state index in [4.69, 9.17) is 19.4 Å². The first kappa shape index (κ1) is 49.4. The quantitative estimate of drug-likeness (QED) is 0.209. The summed E-state index contributed by atoms with van der Waals surface area (Å²) in [6.07, 6.45) is 9.01. The number of benzene rings is 1. The van der Waals surface area contributed by atoms with Crippen LogP contribution in [0.25, 0.3) is 21.6 Å². The molecule has 4 aliphatic rings. The second kappa shape index (κ2) is 18.5. The number of aromatic nitrogens is 3. The highest BCUT2D eigenvalue weighted by molar-refractivity contribution is 7.91. The Hall–Kier alpha value is -4.51. The van der Waals surface area contributed by atoms with E-state index in [1.165, 1.54) is 9.78 Å². The number of fused-ring (bicyclic) bond motifs is 6. The predicted molar refractivity (Wildman–Crippen MR) is 257 cm³/mol. The molecule has 6 bridgehead atoms. The van der Waals surface area contributed by atoms with Crippen molar-refractivity contribution in [3.8, 4) is 16.6 Å². The minimum absolute atomic E-state index is 0.0347. The van der Waals surface area contributed by atoms with Gasteiger partial charge in [0, 0.05) is 22.9 Å². The number of sulfonamides is 1. The standard InChI is InChI=1S/C49H71N7O8S2/c1-12-31-27-49(31)43(59)54-66(61,62)48(24-25-48)23-18-16-14-13-15-17-22-36-37(29(2)3)50-41(65-36)33-20-19-21-34-38(33)51-44(56(34)30(4)5)63-32-26-35(40(57)53-49)55(28-32)42(58)39(46(6,7)8)52-45(60)64-47(9,10)11/h13-14,19-21,29-32,35,39H,12,15-18,22-28H2,1-11H3,(H,52,60)(H,53,57)(H,54,59)/t31-,32-,35+,39-,49-/m1/s1. The van der Waals surface area contributed by atoms with Crippen LogP contribution in [0.15, 0.2) is 30.4 Å². The molecule has 3 aromatic rings. The van der Waals surface area contributed by atoms with E-state index in [2.05, 4.69) is 41.4 Å². The number of allylic oxidation sites excluding steroid dienone is 2. The summed E-state index contributed by atoms with van der Waals surface area (Å²) in [5.74, 6) is -2.00. The monoisotopic (exact) mass is 949 g/mol. The Morgan fingerprint density at radius 3 is 2.32 bits per heavy atom. The molecule has 3 fully saturated rings. The molecule has 66 heavy (non-hydrogen) atoms. The van der Waals surface area contributed by atoms with Gasteiger partial charge < -0.3 is 25.0 Å². The van der Waals surface area contributed by atoms with Crippen LogP contribution in [0.3, 0.4) is 0 Å². The zero-order valence-corrected chi connectivity index (χ0v) is 42.3. The van der Waals surface area contributed by atoms with E-state index in [-0.39, 0.29) is 37.3 Å². The number of rotatable bonds is 5. The predicted octanol–water partition coefficient (Wildman–Crippen LogP) is 8.48. The number of thiazole rings is 1. The Balaban J connectivity index is 1.29. The third-order valence-electron chi connectivity index (χ3n) is 13.5. The fourth-order valence-electron chi connectivity index (χ4n) is 9.61. The SMILES string of the molecule is CC[C@@H]1C[C@@]12NC(=O)[C@@H]1C[C@H](CN1C(=O)[C@@H](NC(=O)OC(C)(C)C)C(C)(C)C)Oc1nc3c(cccc3n1C(C)C)-c1nc(C(C)C)c(s1)CCCC=CCCCC1(CC1)S(=O)(=O)NC2=O. The van der Waals surface area contributed by atoms with Gasteiger partial charge in [0.1, 0.15) is 39.9 Å². The van der Waals surface area contributed by atoms with Crippen molar-refractivity contribution in [1.29, 1.82) is 0 Å². The van der Waals surface area contributed by atoms with Gasteiger partial charge in [0.05, 0.1) is 22.5 Å². The summed E-state index contributed by atoms with van der Waals surface area (Å²) < 4.78 is 43.8. The number of imidazole rings is 1. The molecule has 4 amide bonds. The summed E-state index contributed by atoms with van der Waals surface area (Å²) in [6.45, 7) is 20.9. The van der Waals surface area contributed by atoms with Gasteiger partial charge in [0.25, 0.3) is 11.9 Å². The van der Waals surface area contributed by atoms with Gasteiger partial charge in [-0.2, -0.15) is 4.98 Å². The summed E-state index contributed by atoms with van der Waals surface area (Å²) in [4.78, 5) is 70.2. The molecule has 3 N–H and O–H groups in total. The van der Waals surface area contributed by atoms with Crippen LogP contribution in [0.1, 0.15) is 163 Å². The lowest BCUT2D eigenvalue weighted by atomic mass is 9.85. The average molecular weight is 950 g/mol. The Morgan fingerprint density at radius 2 is 1.71 bits per heavy atom. The van der Waals surface area contributed by atoms with Crippen LogP contribution in [-0.4, -0.2) is 92.3 Å². The van der Waals surface area contributed by atoms with Gasteiger partial charge in [-0.25, -0.2) is 18.2 Å². The van der Waals surface area contributed by atoms with Crippen molar-refractivity contribution in [3.05, 3.63) is 40.9 Å². The van der Waals surface area contributed by atoms with Gasteiger partial charge >= 0.3 is 6.09 Å². The molecule has 17 heteroatoms. The molecule has 2 spiro atoms. The highest BCUT2D eigenvalue weighted by atomic mass is 32.2. The Bertz CT molecular complexity index is 2470. The van der Waals surface area contributed by atoms with E-state index < -0.39 is 73.3 Å². The van der Waals surface area contributed by atoms with Crippen LogP contribution in [0.5, 0.6) is 6.01 Å². The molecule has 0 unspecified atom stereocenters. The lowest BCUT2D eigenvalue weighted by molar-refractivity contribution is -0.143. The number of aryl methyl sites for hydroxylation is 1. The molecule has 1 saturated heterocycles. The topological polar surface area (TPSA) is 191 Å². The van der Waals surface area contributed by atoms with Crippen molar-refractivity contribution >= 4 is 56.2 Å². The number of hydrogen-bond donors (Lipinski definition) is 3. The normalized spacial score (nSPS) is 25.2. The number of carbonyl (C=O) groups is 4. The summed E-state index contributed by atoms with van der Waals surface area (Å²) in [7, 11) is -4.08. The Kier molecular flexibility index (Phi) is 13.9. The van der Waals surface area contributed by atoms with Crippen LogP contribution in [0, 0.1) is 11.3 Å². The van der Waals surface area contributed by atoms with Crippen LogP contribution in [0.2, 0.25) is 0 Å². The van der Waals surface area contributed by atoms with E-state index in [1.807, 2.05) is 64.3 Å². The van der Waals surface area contributed by atoms with E-state index in [1.54, 1.807) is 32.1 Å². The molecule has 4 heterocycles. The number of nitrogens with zero attached hydrogens (tertiary/aromatic N) is 4. The zero-order valence-electron chi connectivity index (χ0n) is 40.7. The van der Waals surface area contributed by atoms with Gasteiger partial charge in [-0.05, 0) is 122 Å². The largest absolute Gasteiger partial charge is 0.459 e. The summed E-state index contributed by atoms with van der Waals surface area (Å²) in [6, 6.07) is 4.02. The van der Waals surface area contributed by atoms with E-state index >= 15 is 0 Å². The maximum absolute atomic E-state index is 14.9. The van der Waals surface area contributed by atoms with E-state index in [9.17, 15) is 27.6 Å². The number of alkyl carbamates (subject to hydrolysis) is 1. The van der Waals surface area contributed by atoms with E-state index in [0.29, 0.717) is 38.1 Å². The first-order valence-electron chi connectivity index (χ1n) is 23.9. The average Bonchev–Trinajstić information content (AvgIpc) is 3.99. The Labute approximate surface area is 394 Å².